The van der Waals surface area contributed by atoms with Crippen molar-refractivity contribution >= 4 is 27.8 Å². The Morgan fingerprint density at radius 2 is 2.03 bits per heavy atom. The zero-order valence-corrected chi connectivity index (χ0v) is 23.0. The number of fused-ring (bicyclic) bond motifs is 1. The van der Waals surface area contributed by atoms with Crippen LogP contribution in [0.4, 0.5) is 4.79 Å². The van der Waals surface area contributed by atoms with E-state index < -0.39 is 17.7 Å². The number of likely N-dealkylation sites (tertiary alicyclic amines) is 1. The fraction of sp³-hybridized carbons (Fsp3) is 0.667. The van der Waals surface area contributed by atoms with Crippen molar-refractivity contribution in [3.63, 3.8) is 0 Å². The molecule has 0 spiro atoms. The molecule has 1 aliphatic heterocycles. The maximum Gasteiger partial charge on any atom is 0.411 e. The Hall–Kier alpha value is -1.73. The van der Waals surface area contributed by atoms with Crippen LogP contribution < -0.4 is 0 Å². The van der Waals surface area contributed by atoms with Crippen LogP contribution in [0.2, 0.25) is 0 Å². The second-order valence-electron chi connectivity index (χ2n) is 10.9. The number of carbonyl (C=O) groups is 2. The molecule has 6 nitrogen and oxygen atoms in total. The fourth-order valence-electron chi connectivity index (χ4n) is 4.97. The Labute approximate surface area is 213 Å². The molecule has 1 aromatic rings. The normalized spacial score (nSPS) is 23.7. The molecule has 188 valence electrons. The third-order valence-electron chi connectivity index (χ3n) is 6.91. The van der Waals surface area contributed by atoms with Crippen molar-refractivity contribution in [2.75, 3.05) is 13.6 Å². The van der Waals surface area contributed by atoms with Crippen LogP contribution in [-0.4, -0.2) is 57.9 Å². The number of ketones is 1. The molecule has 7 heteroatoms. The van der Waals surface area contributed by atoms with Gasteiger partial charge in [-0.3, -0.25) is 9.69 Å². The summed E-state index contributed by atoms with van der Waals surface area (Å²) in [5.74, 6) is 0.0109. The summed E-state index contributed by atoms with van der Waals surface area (Å²) >= 11 is 3.47. The molecule has 2 fully saturated rings. The topological polar surface area (TPSA) is 62.7 Å². The Morgan fingerprint density at radius 3 is 2.68 bits per heavy atom. The van der Waals surface area contributed by atoms with Crippen molar-refractivity contribution in [2.24, 2.45) is 5.41 Å². The van der Waals surface area contributed by atoms with Crippen LogP contribution in [-0.2, 0) is 22.5 Å². The number of carbonyl (C=O) groups excluding carboxylic acids is 2. The molecule has 1 saturated heterocycles. The Bertz CT molecular complexity index is 913. The number of aromatic nitrogens is 1. The first kappa shape index (κ1) is 26.9. The highest BCUT2D eigenvalue weighted by Crippen LogP contribution is 2.60. The minimum absolute atomic E-state index is 0.00186. The van der Waals surface area contributed by atoms with E-state index in [2.05, 4.69) is 46.4 Å². The van der Waals surface area contributed by atoms with E-state index in [-0.39, 0.29) is 23.7 Å². The summed E-state index contributed by atoms with van der Waals surface area (Å²) in [6.07, 6.45) is 8.05. The van der Waals surface area contributed by atoms with Gasteiger partial charge in [0.05, 0.1) is 18.2 Å². The second-order valence-corrected chi connectivity index (χ2v) is 11.8. The summed E-state index contributed by atoms with van der Waals surface area (Å²) in [6, 6.07) is 3.47. The monoisotopic (exact) mass is 533 g/mol. The number of Topliss-reactive ketones (excluding diaryl/α,β-unsaturated/α-hetero) is 1. The molecule has 0 bridgehead atoms. The van der Waals surface area contributed by atoms with Crippen LogP contribution >= 0.6 is 15.9 Å². The molecule has 1 saturated carbocycles. The number of piperidine rings is 1. The second kappa shape index (κ2) is 10.9. The summed E-state index contributed by atoms with van der Waals surface area (Å²) in [4.78, 5) is 35.2. The lowest BCUT2D eigenvalue weighted by molar-refractivity contribution is -0.123. The molecule has 0 radical (unpaired) electrons. The van der Waals surface area contributed by atoms with Crippen molar-refractivity contribution in [3.8, 4) is 0 Å². The number of ether oxygens (including phenoxy) is 1. The smallest absolute Gasteiger partial charge is 0.411 e. The minimum Gasteiger partial charge on any atom is -0.444 e. The van der Waals surface area contributed by atoms with Gasteiger partial charge in [-0.05, 0) is 81.2 Å². The number of unbranched alkanes of at least 4 members (excludes halogenated alkanes) is 3. The van der Waals surface area contributed by atoms with Gasteiger partial charge in [0.1, 0.15) is 10.2 Å². The quantitative estimate of drug-likeness (QED) is 0.200. The van der Waals surface area contributed by atoms with Crippen molar-refractivity contribution in [3.05, 3.63) is 40.6 Å². The van der Waals surface area contributed by atoms with Crippen LogP contribution in [0.1, 0.15) is 77.5 Å². The average molecular weight is 535 g/mol. The zero-order chi connectivity index (χ0) is 25.1. The number of rotatable bonds is 11. The number of halogens is 1. The maximum absolute atomic E-state index is 13.6. The number of pyridine rings is 1. The zero-order valence-electron chi connectivity index (χ0n) is 21.4. The standard InChI is InChI=1S/C27H40BrN3O3/c1-7-9-10-11-14-30(6)18-19-12-13-24(28)29-20(19)15-22(32)21-16-27(8-2)17-23(27)31(21)25(33)34-26(3,4)5/h8,12-13,21,23H,2,7,9-11,14-18H2,1,3-6H3/t21-,23+,27-/m0/s1. The van der Waals surface area contributed by atoms with Crippen LogP contribution in [0.15, 0.2) is 29.4 Å². The highest BCUT2D eigenvalue weighted by molar-refractivity contribution is 9.10. The molecule has 34 heavy (non-hydrogen) atoms. The van der Waals surface area contributed by atoms with Crippen LogP contribution in [0, 0.1) is 5.41 Å². The molecule has 1 amide bonds. The van der Waals surface area contributed by atoms with E-state index in [1.807, 2.05) is 39.0 Å². The third kappa shape index (κ3) is 6.48. The maximum atomic E-state index is 13.6. The van der Waals surface area contributed by atoms with Crippen molar-refractivity contribution in [2.45, 2.75) is 96.9 Å². The van der Waals surface area contributed by atoms with E-state index in [9.17, 15) is 9.59 Å². The van der Waals surface area contributed by atoms with E-state index >= 15 is 0 Å². The number of amides is 1. The lowest BCUT2D eigenvalue weighted by Crippen LogP contribution is -2.46. The lowest BCUT2D eigenvalue weighted by Gasteiger charge is -2.30. The number of hydrogen-bond acceptors (Lipinski definition) is 5. The van der Waals surface area contributed by atoms with Gasteiger partial charge in [-0.1, -0.05) is 38.3 Å². The Morgan fingerprint density at radius 1 is 1.29 bits per heavy atom. The fourth-order valence-corrected chi connectivity index (χ4v) is 5.32. The number of hydrogen-bond donors (Lipinski definition) is 0. The minimum atomic E-state index is -0.611. The highest BCUT2D eigenvalue weighted by Gasteiger charge is 2.66. The van der Waals surface area contributed by atoms with Gasteiger partial charge < -0.3 is 9.64 Å². The van der Waals surface area contributed by atoms with Gasteiger partial charge in [0, 0.05) is 18.0 Å². The van der Waals surface area contributed by atoms with Gasteiger partial charge >= 0.3 is 6.09 Å². The summed E-state index contributed by atoms with van der Waals surface area (Å²) in [5, 5.41) is 0. The Kier molecular flexibility index (Phi) is 8.61. The molecular formula is C27H40BrN3O3. The van der Waals surface area contributed by atoms with E-state index in [0.29, 0.717) is 11.0 Å². The van der Waals surface area contributed by atoms with E-state index in [1.165, 1.54) is 25.7 Å². The molecule has 3 atom stereocenters. The van der Waals surface area contributed by atoms with E-state index in [4.69, 9.17) is 4.74 Å². The van der Waals surface area contributed by atoms with Gasteiger partial charge in [-0.2, -0.15) is 0 Å². The van der Waals surface area contributed by atoms with Crippen LogP contribution in [0.3, 0.4) is 0 Å². The van der Waals surface area contributed by atoms with Gasteiger partial charge in [0.2, 0.25) is 0 Å². The molecule has 1 aromatic heterocycles. The first-order valence-electron chi connectivity index (χ1n) is 12.5. The van der Waals surface area contributed by atoms with Gasteiger partial charge in [-0.25, -0.2) is 9.78 Å². The summed E-state index contributed by atoms with van der Waals surface area (Å²) in [7, 11) is 2.11. The molecule has 0 unspecified atom stereocenters. The predicted molar refractivity (Wildman–Crippen MR) is 139 cm³/mol. The van der Waals surface area contributed by atoms with E-state index in [1.54, 1.807) is 4.90 Å². The molecule has 0 N–H and O–H groups in total. The largest absolute Gasteiger partial charge is 0.444 e. The van der Waals surface area contributed by atoms with Gasteiger partial charge in [0.25, 0.3) is 0 Å². The molecule has 1 aliphatic carbocycles. The predicted octanol–water partition coefficient (Wildman–Crippen LogP) is 5.92. The lowest BCUT2D eigenvalue weighted by atomic mass is 9.95. The van der Waals surface area contributed by atoms with Crippen molar-refractivity contribution < 1.29 is 14.3 Å². The van der Waals surface area contributed by atoms with Crippen LogP contribution in [0.25, 0.3) is 0 Å². The number of nitrogens with zero attached hydrogens (tertiary/aromatic N) is 3. The van der Waals surface area contributed by atoms with Gasteiger partial charge in [0.15, 0.2) is 5.78 Å². The summed E-state index contributed by atoms with van der Waals surface area (Å²) < 4.78 is 6.37. The van der Waals surface area contributed by atoms with Crippen LogP contribution in [0.5, 0.6) is 0 Å². The summed E-state index contributed by atoms with van der Waals surface area (Å²) in [5.41, 5.74) is 1.06. The average Bonchev–Trinajstić information content (AvgIpc) is 3.36. The molecule has 2 heterocycles. The highest BCUT2D eigenvalue weighted by atomic mass is 79.9. The van der Waals surface area contributed by atoms with Crippen molar-refractivity contribution in [1.82, 2.24) is 14.8 Å². The SMILES string of the molecule is C=C[C@@]12C[C@@H](C(=O)Cc3nc(Br)ccc3CN(C)CCCCCC)N(C(=O)OC(C)(C)C)[C@@H]1C2. The Balaban J connectivity index is 1.73. The third-order valence-corrected chi connectivity index (χ3v) is 7.36. The molecule has 3 rings (SSSR count). The summed E-state index contributed by atoms with van der Waals surface area (Å²) in [6.45, 7) is 13.5. The molecule has 0 aromatic carbocycles. The first-order chi connectivity index (χ1) is 16.0. The molecular weight excluding hydrogens is 494 g/mol. The van der Waals surface area contributed by atoms with E-state index in [0.717, 1.165) is 30.8 Å². The van der Waals surface area contributed by atoms with Gasteiger partial charge in [-0.15, -0.1) is 6.58 Å². The molecule has 2 aliphatic rings. The first-order valence-corrected chi connectivity index (χ1v) is 13.3. The van der Waals surface area contributed by atoms with Crippen molar-refractivity contribution in [1.29, 1.82) is 0 Å².